The average molecular weight is 279 g/mol. The van der Waals surface area contributed by atoms with Crippen LogP contribution in [0.15, 0.2) is 24.3 Å². The van der Waals surface area contributed by atoms with Crippen molar-refractivity contribution in [2.45, 2.75) is 12.8 Å². The molecule has 6 heteroatoms. The SMILES string of the molecule is CN(C)CCCNC(=O)Nc1ccc(CC(=O)O)cc1. The fourth-order valence-corrected chi connectivity index (χ4v) is 1.65. The Balaban J connectivity index is 2.33. The van der Waals surface area contributed by atoms with Gasteiger partial charge in [0.15, 0.2) is 0 Å². The lowest BCUT2D eigenvalue weighted by Crippen LogP contribution is -2.31. The molecule has 0 spiro atoms. The number of aliphatic carboxylic acids is 1. The van der Waals surface area contributed by atoms with Gasteiger partial charge in [0.1, 0.15) is 0 Å². The molecule has 0 heterocycles. The van der Waals surface area contributed by atoms with Gasteiger partial charge in [-0.3, -0.25) is 4.79 Å². The summed E-state index contributed by atoms with van der Waals surface area (Å²) in [5.74, 6) is -0.871. The summed E-state index contributed by atoms with van der Waals surface area (Å²) >= 11 is 0. The molecule has 0 aliphatic rings. The van der Waals surface area contributed by atoms with Crippen LogP contribution in [0.3, 0.4) is 0 Å². The molecular formula is C14H21N3O3. The van der Waals surface area contributed by atoms with Crippen LogP contribution < -0.4 is 10.6 Å². The van der Waals surface area contributed by atoms with Crippen LogP contribution in [0.2, 0.25) is 0 Å². The number of nitrogens with zero attached hydrogens (tertiary/aromatic N) is 1. The van der Waals surface area contributed by atoms with Crippen molar-refractivity contribution in [3.05, 3.63) is 29.8 Å². The molecule has 0 saturated carbocycles. The number of carbonyl (C=O) groups is 2. The van der Waals surface area contributed by atoms with Crippen LogP contribution in [0.4, 0.5) is 10.5 Å². The Bertz CT molecular complexity index is 443. The Labute approximate surface area is 118 Å². The molecule has 1 aromatic carbocycles. The molecule has 0 aromatic heterocycles. The second-order valence-electron chi connectivity index (χ2n) is 4.81. The minimum atomic E-state index is -0.871. The Hall–Kier alpha value is -2.08. The fraction of sp³-hybridized carbons (Fsp3) is 0.429. The van der Waals surface area contributed by atoms with Gasteiger partial charge >= 0.3 is 12.0 Å². The van der Waals surface area contributed by atoms with Gasteiger partial charge in [-0.2, -0.15) is 0 Å². The van der Waals surface area contributed by atoms with Gasteiger partial charge in [0, 0.05) is 12.2 Å². The molecule has 0 fully saturated rings. The molecular weight excluding hydrogens is 258 g/mol. The number of anilines is 1. The van der Waals surface area contributed by atoms with E-state index in [9.17, 15) is 9.59 Å². The fourth-order valence-electron chi connectivity index (χ4n) is 1.65. The van der Waals surface area contributed by atoms with E-state index in [0.29, 0.717) is 17.8 Å². The predicted molar refractivity (Wildman–Crippen MR) is 78.0 cm³/mol. The van der Waals surface area contributed by atoms with Crippen molar-refractivity contribution in [3.8, 4) is 0 Å². The van der Waals surface area contributed by atoms with Gasteiger partial charge in [-0.15, -0.1) is 0 Å². The summed E-state index contributed by atoms with van der Waals surface area (Å²) in [4.78, 5) is 24.2. The number of carboxylic acids is 1. The highest BCUT2D eigenvalue weighted by molar-refractivity contribution is 5.89. The maximum absolute atomic E-state index is 11.6. The molecule has 0 unspecified atom stereocenters. The average Bonchev–Trinajstić information content (AvgIpc) is 2.36. The van der Waals surface area contributed by atoms with Crippen molar-refractivity contribution in [1.29, 1.82) is 0 Å². The van der Waals surface area contributed by atoms with Crippen molar-refractivity contribution < 1.29 is 14.7 Å². The minimum absolute atomic E-state index is 0.0169. The van der Waals surface area contributed by atoms with E-state index in [-0.39, 0.29) is 12.5 Å². The molecule has 1 rings (SSSR count). The van der Waals surface area contributed by atoms with Crippen molar-refractivity contribution in [2.24, 2.45) is 0 Å². The topological polar surface area (TPSA) is 81.7 Å². The van der Waals surface area contributed by atoms with E-state index >= 15 is 0 Å². The van der Waals surface area contributed by atoms with Gasteiger partial charge < -0.3 is 20.6 Å². The van der Waals surface area contributed by atoms with Gasteiger partial charge in [-0.1, -0.05) is 12.1 Å². The van der Waals surface area contributed by atoms with E-state index < -0.39 is 5.97 Å². The van der Waals surface area contributed by atoms with Crippen molar-refractivity contribution in [3.63, 3.8) is 0 Å². The minimum Gasteiger partial charge on any atom is -0.481 e. The zero-order valence-electron chi connectivity index (χ0n) is 11.8. The van der Waals surface area contributed by atoms with E-state index in [1.165, 1.54) is 0 Å². The first-order chi connectivity index (χ1) is 9.47. The number of carbonyl (C=O) groups excluding carboxylic acids is 1. The number of amides is 2. The monoisotopic (exact) mass is 279 g/mol. The highest BCUT2D eigenvalue weighted by Crippen LogP contribution is 2.09. The van der Waals surface area contributed by atoms with Crippen molar-refractivity contribution >= 4 is 17.7 Å². The molecule has 0 bridgehead atoms. The van der Waals surface area contributed by atoms with E-state index in [0.717, 1.165) is 13.0 Å². The van der Waals surface area contributed by atoms with Gasteiger partial charge in [-0.05, 0) is 44.8 Å². The predicted octanol–water partition coefficient (Wildman–Crippen LogP) is 1.39. The smallest absolute Gasteiger partial charge is 0.319 e. The van der Waals surface area contributed by atoms with Gasteiger partial charge in [0.25, 0.3) is 0 Å². The lowest BCUT2D eigenvalue weighted by molar-refractivity contribution is -0.136. The van der Waals surface area contributed by atoms with Gasteiger partial charge in [0.2, 0.25) is 0 Å². The van der Waals surface area contributed by atoms with Crippen LogP contribution in [-0.4, -0.2) is 49.2 Å². The zero-order chi connectivity index (χ0) is 15.0. The van der Waals surface area contributed by atoms with E-state index in [2.05, 4.69) is 15.5 Å². The lowest BCUT2D eigenvalue weighted by Gasteiger charge is -2.10. The van der Waals surface area contributed by atoms with Crippen LogP contribution >= 0.6 is 0 Å². The number of nitrogens with one attached hydrogen (secondary N) is 2. The molecule has 20 heavy (non-hydrogen) atoms. The second kappa shape index (κ2) is 8.16. The largest absolute Gasteiger partial charge is 0.481 e. The number of rotatable bonds is 7. The quantitative estimate of drug-likeness (QED) is 0.659. The molecule has 0 aliphatic heterocycles. The number of urea groups is 1. The molecule has 1 aromatic rings. The summed E-state index contributed by atoms with van der Waals surface area (Å²) < 4.78 is 0. The summed E-state index contributed by atoms with van der Waals surface area (Å²) in [6.45, 7) is 1.53. The van der Waals surface area contributed by atoms with Crippen LogP contribution in [0.5, 0.6) is 0 Å². The van der Waals surface area contributed by atoms with Gasteiger partial charge in [-0.25, -0.2) is 4.79 Å². The normalized spacial score (nSPS) is 10.3. The molecule has 110 valence electrons. The highest BCUT2D eigenvalue weighted by atomic mass is 16.4. The van der Waals surface area contributed by atoms with E-state index in [1.807, 2.05) is 14.1 Å². The standard InChI is InChI=1S/C14H21N3O3/c1-17(2)9-3-8-15-14(20)16-12-6-4-11(5-7-12)10-13(18)19/h4-7H,3,8-10H2,1-2H3,(H,18,19)(H2,15,16,20). The second-order valence-corrected chi connectivity index (χ2v) is 4.81. The number of carboxylic acid groups (broad SMARTS) is 1. The molecule has 0 saturated heterocycles. The first-order valence-corrected chi connectivity index (χ1v) is 6.47. The third kappa shape index (κ3) is 6.75. The van der Waals surface area contributed by atoms with E-state index in [1.54, 1.807) is 24.3 Å². The summed E-state index contributed by atoms with van der Waals surface area (Å²) in [5.41, 5.74) is 1.35. The van der Waals surface area contributed by atoms with Gasteiger partial charge in [0.05, 0.1) is 6.42 Å². The first-order valence-electron chi connectivity index (χ1n) is 6.47. The summed E-state index contributed by atoms with van der Waals surface area (Å²) in [7, 11) is 3.97. The number of hydrogen-bond acceptors (Lipinski definition) is 3. The maximum Gasteiger partial charge on any atom is 0.319 e. The molecule has 0 aliphatic carbocycles. The van der Waals surface area contributed by atoms with Crippen LogP contribution in [0.1, 0.15) is 12.0 Å². The summed E-state index contributed by atoms with van der Waals surface area (Å²) in [5, 5.41) is 14.1. The lowest BCUT2D eigenvalue weighted by atomic mass is 10.1. The zero-order valence-corrected chi connectivity index (χ0v) is 11.8. The molecule has 0 radical (unpaired) electrons. The Morgan fingerprint density at radius 2 is 1.85 bits per heavy atom. The Morgan fingerprint density at radius 3 is 2.40 bits per heavy atom. The van der Waals surface area contributed by atoms with Crippen molar-refractivity contribution in [2.75, 3.05) is 32.5 Å². The number of benzene rings is 1. The van der Waals surface area contributed by atoms with E-state index in [4.69, 9.17) is 5.11 Å². The third-order valence-corrected chi connectivity index (χ3v) is 2.63. The Kier molecular flexibility index (Phi) is 6.52. The molecule has 6 nitrogen and oxygen atoms in total. The number of hydrogen-bond donors (Lipinski definition) is 3. The molecule has 2 amide bonds. The third-order valence-electron chi connectivity index (χ3n) is 2.63. The van der Waals surface area contributed by atoms with Crippen molar-refractivity contribution in [1.82, 2.24) is 10.2 Å². The van der Waals surface area contributed by atoms with Crippen LogP contribution in [0, 0.1) is 0 Å². The molecule has 3 N–H and O–H groups in total. The highest BCUT2D eigenvalue weighted by Gasteiger charge is 2.03. The summed E-state index contributed by atoms with van der Waals surface area (Å²) in [6, 6.07) is 6.51. The maximum atomic E-state index is 11.6. The van der Waals surface area contributed by atoms with Crippen LogP contribution in [0.25, 0.3) is 0 Å². The molecule has 0 atom stereocenters. The first kappa shape index (κ1) is 16.0. The van der Waals surface area contributed by atoms with Crippen LogP contribution in [-0.2, 0) is 11.2 Å². The summed E-state index contributed by atoms with van der Waals surface area (Å²) in [6.07, 6.45) is 0.870. The Morgan fingerprint density at radius 1 is 1.20 bits per heavy atom.